The van der Waals surface area contributed by atoms with Crippen LogP contribution in [0.5, 0.6) is 0 Å². The zero-order valence-electron chi connectivity index (χ0n) is 12.1. The van der Waals surface area contributed by atoms with Crippen LogP contribution in [0.15, 0.2) is 27.6 Å². The first-order valence-corrected chi connectivity index (χ1v) is 9.22. The molecule has 0 radical (unpaired) electrons. The molecule has 1 aromatic carbocycles. The highest BCUT2D eigenvalue weighted by Crippen LogP contribution is 2.25. The molecule has 0 aliphatic heterocycles. The molecular weight excluding hydrogens is 340 g/mol. The van der Waals surface area contributed by atoms with E-state index in [1.54, 1.807) is 16.4 Å². The highest BCUT2D eigenvalue weighted by molar-refractivity contribution is 9.10. The van der Waals surface area contributed by atoms with Gasteiger partial charge in [-0.05, 0) is 47.0 Å². The fourth-order valence-electron chi connectivity index (χ4n) is 1.85. The van der Waals surface area contributed by atoms with Gasteiger partial charge in [0.2, 0.25) is 10.0 Å². The van der Waals surface area contributed by atoms with E-state index in [1.165, 1.54) is 6.07 Å². The quantitative estimate of drug-likeness (QED) is 0.718. The number of hydrogen-bond donors (Lipinski definition) is 1. The second-order valence-electron chi connectivity index (χ2n) is 4.79. The molecule has 0 amide bonds. The van der Waals surface area contributed by atoms with E-state index < -0.39 is 10.0 Å². The maximum atomic E-state index is 12.7. The van der Waals surface area contributed by atoms with Crippen LogP contribution in [0.2, 0.25) is 0 Å². The van der Waals surface area contributed by atoms with Crippen molar-refractivity contribution >= 4 is 31.6 Å². The molecule has 0 bridgehead atoms. The highest BCUT2D eigenvalue weighted by Gasteiger charge is 2.23. The van der Waals surface area contributed by atoms with Gasteiger partial charge in [-0.2, -0.15) is 4.31 Å². The molecule has 6 heteroatoms. The Morgan fingerprint density at radius 1 is 1.15 bits per heavy atom. The average Bonchev–Trinajstić information content (AvgIpc) is 2.41. The van der Waals surface area contributed by atoms with Crippen LogP contribution in [0, 0.1) is 0 Å². The molecule has 4 nitrogen and oxygen atoms in total. The summed E-state index contributed by atoms with van der Waals surface area (Å²) >= 11 is 3.28. The van der Waals surface area contributed by atoms with Gasteiger partial charge in [0.1, 0.15) is 0 Å². The summed E-state index contributed by atoms with van der Waals surface area (Å²) in [6.07, 6.45) is 3.69. The third kappa shape index (κ3) is 4.46. The van der Waals surface area contributed by atoms with Gasteiger partial charge in [-0.3, -0.25) is 0 Å². The number of nitrogens with two attached hydrogens (primary N) is 1. The predicted molar refractivity (Wildman–Crippen MR) is 87.1 cm³/mol. The standard InChI is InChI=1S/C14H23BrN2O2S/c1-3-5-9-17(10-6-4-2)20(18,19)12-7-8-13(15)14(16)11-12/h7-8,11H,3-6,9-10,16H2,1-2H3. The number of sulfonamides is 1. The summed E-state index contributed by atoms with van der Waals surface area (Å²) in [4.78, 5) is 0.269. The summed E-state index contributed by atoms with van der Waals surface area (Å²) in [7, 11) is -3.45. The van der Waals surface area contributed by atoms with Crippen LogP contribution < -0.4 is 5.73 Å². The molecular formula is C14H23BrN2O2S. The average molecular weight is 363 g/mol. The highest BCUT2D eigenvalue weighted by atomic mass is 79.9. The minimum absolute atomic E-state index is 0.269. The van der Waals surface area contributed by atoms with E-state index in [1.807, 2.05) is 0 Å². The van der Waals surface area contributed by atoms with E-state index in [9.17, 15) is 8.42 Å². The van der Waals surface area contributed by atoms with Crippen LogP contribution in [0.1, 0.15) is 39.5 Å². The van der Waals surface area contributed by atoms with E-state index in [2.05, 4.69) is 29.8 Å². The van der Waals surface area contributed by atoms with Crippen molar-refractivity contribution in [1.82, 2.24) is 4.31 Å². The van der Waals surface area contributed by atoms with E-state index in [4.69, 9.17) is 5.73 Å². The van der Waals surface area contributed by atoms with Crippen LogP contribution in [-0.4, -0.2) is 25.8 Å². The van der Waals surface area contributed by atoms with Gasteiger partial charge in [-0.15, -0.1) is 0 Å². The first-order chi connectivity index (χ1) is 9.43. The molecule has 0 atom stereocenters. The van der Waals surface area contributed by atoms with Crippen molar-refractivity contribution in [2.24, 2.45) is 0 Å². The van der Waals surface area contributed by atoms with Gasteiger partial charge >= 0.3 is 0 Å². The Morgan fingerprint density at radius 2 is 1.70 bits per heavy atom. The molecule has 1 rings (SSSR count). The van der Waals surface area contributed by atoms with Crippen LogP contribution in [0.3, 0.4) is 0 Å². The number of rotatable bonds is 8. The Labute approximate surface area is 130 Å². The number of halogens is 1. The lowest BCUT2D eigenvalue weighted by Gasteiger charge is -2.22. The molecule has 0 aromatic heterocycles. The molecule has 0 saturated heterocycles. The minimum Gasteiger partial charge on any atom is -0.398 e. The Hall–Kier alpha value is -0.590. The maximum absolute atomic E-state index is 12.7. The molecule has 1 aromatic rings. The molecule has 20 heavy (non-hydrogen) atoms. The van der Waals surface area contributed by atoms with E-state index in [-0.39, 0.29) is 4.90 Å². The third-order valence-electron chi connectivity index (χ3n) is 3.13. The summed E-state index contributed by atoms with van der Waals surface area (Å²) < 4.78 is 27.6. The third-order valence-corrected chi connectivity index (χ3v) is 5.74. The lowest BCUT2D eigenvalue weighted by Crippen LogP contribution is -2.33. The van der Waals surface area contributed by atoms with E-state index in [0.717, 1.165) is 25.7 Å². The Kier molecular flexibility index (Phi) is 6.99. The van der Waals surface area contributed by atoms with Crippen LogP contribution in [0.4, 0.5) is 5.69 Å². The van der Waals surface area contributed by atoms with Gasteiger partial charge in [0.15, 0.2) is 0 Å². The van der Waals surface area contributed by atoms with E-state index in [0.29, 0.717) is 23.2 Å². The molecule has 0 aliphatic rings. The summed E-state index contributed by atoms with van der Waals surface area (Å²) in [6.45, 7) is 5.24. The van der Waals surface area contributed by atoms with Crippen molar-refractivity contribution < 1.29 is 8.42 Å². The lowest BCUT2D eigenvalue weighted by molar-refractivity contribution is 0.395. The van der Waals surface area contributed by atoms with Gasteiger partial charge in [0.05, 0.1) is 4.90 Å². The first-order valence-electron chi connectivity index (χ1n) is 6.98. The van der Waals surface area contributed by atoms with Gasteiger partial charge in [0, 0.05) is 23.2 Å². The zero-order chi connectivity index (χ0) is 15.2. The summed E-state index contributed by atoms with van der Waals surface area (Å²) in [6, 6.07) is 4.80. The number of anilines is 1. The number of unbranched alkanes of at least 4 members (excludes halogenated alkanes) is 2. The minimum atomic E-state index is -3.45. The lowest BCUT2D eigenvalue weighted by atomic mass is 10.3. The Bertz CT molecular complexity index is 524. The van der Waals surface area contributed by atoms with Crippen LogP contribution in [0.25, 0.3) is 0 Å². The Morgan fingerprint density at radius 3 is 2.15 bits per heavy atom. The van der Waals surface area contributed by atoms with Crippen molar-refractivity contribution in [1.29, 1.82) is 0 Å². The smallest absolute Gasteiger partial charge is 0.243 e. The molecule has 0 saturated carbocycles. The second kappa shape index (κ2) is 8.00. The van der Waals surface area contributed by atoms with Crippen molar-refractivity contribution in [3.8, 4) is 0 Å². The van der Waals surface area contributed by atoms with Crippen molar-refractivity contribution in [2.75, 3.05) is 18.8 Å². The number of benzene rings is 1. The summed E-state index contributed by atoms with van der Waals surface area (Å²) in [5.41, 5.74) is 6.23. The fraction of sp³-hybridized carbons (Fsp3) is 0.571. The topological polar surface area (TPSA) is 63.4 Å². The zero-order valence-corrected chi connectivity index (χ0v) is 14.5. The first kappa shape index (κ1) is 17.5. The predicted octanol–water partition coefficient (Wildman–Crippen LogP) is 3.62. The van der Waals surface area contributed by atoms with Crippen LogP contribution in [-0.2, 0) is 10.0 Å². The van der Waals surface area contributed by atoms with Crippen LogP contribution >= 0.6 is 15.9 Å². The molecule has 2 N–H and O–H groups in total. The molecule has 0 heterocycles. The fourth-order valence-corrected chi connectivity index (χ4v) is 3.65. The van der Waals surface area contributed by atoms with Crippen molar-refractivity contribution in [3.05, 3.63) is 22.7 Å². The van der Waals surface area contributed by atoms with Crippen molar-refractivity contribution in [3.63, 3.8) is 0 Å². The van der Waals surface area contributed by atoms with Gasteiger partial charge in [-0.1, -0.05) is 26.7 Å². The van der Waals surface area contributed by atoms with Gasteiger partial charge in [0.25, 0.3) is 0 Å². The number of nitrogen functional groups attached to an aromatic ring is 1. The largest absolute Gasteiger partial charge is 0.398 e. The summed E-state index contributed by atoms with van der Waals surface area (Å²) in [5, 5.41) is 0. The Balaban J connectivity index is 3.03. The number of hydrogen-bond acceptors (Lipinski definition) is 3. The molecule has 0 spiro atoms. The van der Waals surface area contributed by atoms with Gasteiger partial charge < -0.3 is 5.73 Å². The maximum Gasteiger partial charge on any atom is 0.243 e. The monoisotopic (exact) mass is 362 g/mol. The second-order valence-corrected chi connectivity index (χ2v) is 7.59. The molecule has 0 fully saturated rings. The van der Waals surface area contributed by atoms with E-state index >= 15 is 0 Å². The summed E-state index contributed by atoms with van der Waals surface area (Å²) in [5.74, 6) is 0. The molecule has 0 aliphatic carbocycles. The van der Waals surface area contributed by atoms with Crippen molar-refractivity contribution in [2.45, 2.75) is 44.4 Å². The molecule has 114 valence electrons. The normalized spacial score (nSPS) is 12.0. The van der Waals surface area contributed by atoms with Gasteiger partial charge in [-0.25, -0.2) is 8.42 Å². The number of nitrogens with zero attached hydrogens (tertiary/aromatic N) is 1. The molecule has 0 unspecified atom stereocenters. The SMILES string of the molecule is CCCCN(CCCC)S(=O)(=O)c1ccc(Br)c(N)c1.